The standard InChI is InChI=1S/C18H24N2O3/c1-13(21)20-11-15-7-4-3-6-14(15)10-17(20)18(22)19-9-5-8-16(12-19)23-2/h3-4,6-7,16-17H,5,8-12H2,1-2H3/t16-,17+/m0/s1. The second kappa shape index (κ2) is 6.71. The van der Waals surface area contributed by atoms with E-state index < -0.39 is 6.04 Å². The maximum atomic E-state index is 13.0. The molecule has 1 fully saturated rings. The van der Waals surface area contributed by atoms with Gasteiger partial charge in [-0.2, -0.15) is 0 Å². The average molecular weight is 316 g/mol. The SMILES string of the molecule is CO[C@H]1CCCN(C(=O)[C@H]2Cc3ccccc3CN2C(C)=O)C1. The van der Waals surface area contributed by atoms with Crippen LogP contribution in [0.15, 0.2) is 24.3 Å². The Bertz CT molecular complexity index is 602. The first-order valence-corrected chi connectivity index (χ1v) is 8.25. The van der Waals surface area contributed by atoms with Gasteiger partial charge in [-0.25, -0.2) is 0 Å². The minimum absolute atomic E-state index is 0.0434. The molecule has 2 atom stereocenters. The summed E-state index contributed by atoms with van der Waals surface area (Å²) in [6, 6.07) is 7.67. The summed E-state index contributed by atoms with van der Waals surface area (Å²) >= 11 is 0. The molecule has 3 rings (SSSR count). The van der Waals surface area contributed by atoms with Crippen molar-refractivity contribution in [2.45, 2.75) is 44.9 Å². The normalized spacial score (nSPS) is 24.3. The summed E-state index contributed by atoms with van der Waals surface area (Å²) in [5.41, 5.74) is 2.31. The van der Waals surface area contributed by atoms with E-state index >= 15 is 0 Å². The summed E-state index contributed by atoms with van der Waals surface area (Å²) in [5.74, 6) is 0.00890. The zero-order valence-electron chi connectivity index (χ0n) is 13.8. The van der Waals surface area contributed by atoms with Gasteiger partial charge >= 0.3 is 0 Å². The van der Waals surface area contributed by atoms with Gasteiger partial charge < -0.3 is 14.5 Å². The molecule has 1 aromatic rings. The quantitative estimate of drug-likeness (QED) is 0.833. The van der Waals surface area contributed by atoms with Gasteiger partial charge in [0, 0.05) is 40.1 Å². The summed E-state index contributed by atoms with van der Waals surface area (Å²) in [6.45, 7) is 3.44. The number of carbonyl (C=O) groups is 2. The molecule has 5 nitrogen and oxygen atoms in total. The predicted molar refractivity (Wildman–Crippen MR) is 86.8 cm³/mol. The average Bonchev–Trinajstić information content (AvgIpc) is 2.59. The van der Waals surface area contributed by atoms with Crippen LogP contribution < -0.4 is 0 Å². The van der Waals surface area contributed by atoms with Gasteiger partial charge in [0.15, 0.2) is 0 Å². The Morgan fingerprint density at radius 2 is 1.96 bits per heavy atom. The third-order valence-corrected chi connectivity index (χ3v) is 4.96. The third-order valence-electron chi connectivity index (χ3n) is 4.96. The van der Waals surface area contributed by atoms with Crippen LogP contribution in [0.1, 0.15) is 30.9 Å². The Hall–Kier alpha value is -1.88. The number of rotatable bonds is 2. The molecule has 2 aliphatic rings. The highest BCUT2D eigenvalue weighted by molar-refractivity contribution is 5.88. The van der Waals surface area contributed by atoms with E-state index in [1.54, 1.807) is 18.9 Å². The van der Waals surface area contributed by atoms with Crippen molar-refractivity contribution in [3.63, 3.8) is 0 Å². The van der Waals surface area contributed by atoms with E-state index in [1.165, 1.54) is 5.56 Å². The van der Waals surface area contributed by atoms with Gasteiger partial charge in [0.2, 0.25) is 11.8 Å². The lowest BCUT2D eigenvalue weighted by atomic mass is 9.92. The lowest BCUT2D eigenvalue weighted by Gasteiger charge is -2.40. The molecule has 124 valence electrons. The molecule has 2 aliphatic heterocycles. The Morgan fingerprint density at radius 3 is 2.65 bits per heavy atom. The molecule has 1 aromatic carbocycles. The van der Waals surface area contributed by atoms with E-state index in [0.717, 1.165) is 24.9 Å². The minimum Gasteiger partial charge on any atom is -0.380 e. The Balaban J connectivity index is 1.81. The first-order chi connectivity index (χ1) is 11.1. The van der Waals surface area contributed by atoms with Gasteiger partial charge in [0.25, 0.3) is 0 Å². The molecule has 0 spiro atoms. The summed E-state index contributed by atoms with van der Waals surface area (Å²) < 4.78 is 5.41. The van der Waals surface area contributed by atoms with Crippen molar-refractivity contribution in [2.75, 3.05) is 20.2 Å². The second-order valence-corrected chi connectivity index (χ2v) is 6.42. The highest BCUT2D eigenvalue weighted by atomic mass is 16.5. The van der Waals surface area contributed by atoms with E-state index in [4.69, 9.17) is 4.74 Å². The largest absolute Gasteiger partial charge is 0.380 e. The maximum Gasteiger partial charge on any atom is 0.245 e. The molecule has 5 heteroatoms. The summed E-state index contributed by atoms with van der Waals surface area (Å²) in [4.78, 5) is 28.6. The van der Waals surface area contributed by atoms with Crippen LogP contribution in [-0.4, -0.2) is 54.0 Å². The van der Waals surface area contributed by atoms with Crippen LogP contribution in [0.4, 0.5) is 0 Å². The van der Waals surface area contributed by atoms with Gasteiger partial charge in [-0.05, 0) is 24.0 Å². The van der Waals surface area contributed by atoms with Crippen molar-refractivity contribution in [1.82, 2.24) is 9.80 Å². The van der Waals surface area contributed by atoms with Crippen molar-refractivity contribution in [1.29, 1.82) is 0 Å². The van der Waals surface area contributed by atoms with Gasteiger partial charge in [0.05, 0.1) is 6.10 Å². The number of hydrogen-bond donors (Lipinski definition) is 0. The molecule has 0 radical (unpaired) electrons. The number of fused-ring (bicyclic) bond motifs is 1. The zero-order chi connectivity index (χ0) is 16.4. The van der Waals surface area contributed by atoms with Gasteiger partial charge in [-0.15, -0.1) is 0 Å². The van der Waals surface area contributed by atoms with Crippen molar-refractivity contribution in [3.8, 4) is 0 Å². The number of piperidine rings is 1. The lowest BCUT2D eigenvalue weighted by molar-refractivity contribution is -0.148. The van der Waals surface area contributed by atoms with E-state index in [1.807, 2.05) is 23.1 Å². The third kappa shape index (κ3) is 3.24. The van der Waals surface area contributed by atoms with Crippen LogP contribution in [0.2, 0.25) is 0 Å². The molecular formula is C18H24N2O3. The Kier molecular flexibility index (Phi) is 4.66. The number of likely N-dealkylation sites (tertiary alicyclic amines) is 1. The van der Waals surface area contributed by atoms with Crippen LogP contribution >= 0.6 is 0 Å². The number of carbonyl (C=O) groups excluding carboxylic acids is 2. The molecule has 0 aromatic heterocycles. The first-order valence-electron chi connectivity index (χ1n) is 8.25. The first kappa shape index (κ1) is 16.0. The molecule has 0 saturated carbocycles. The molecule has 23 heavy (non-hydrogen) atoms. The monoisotopic (exact) mass is 316 g/mol. The fourth-order valence-electron chi connectivity index (χ4n) is 3.62. The smallest absolute Gasteiger partial charge is 0.245 e. The molecule has 0 unspecified atom stereocenters. The van der Waals surface area contributed by atoms with Crippen molar-refractivity contribution < 1.29 is 14.3 Å². The van der Waals surface area contributed by atoms with Crippen molar-refractivity contribution in [2.24, 2.45) is 0 Å². The fraction of sp³-hybridized carbons (Fsp3) is 0.556. The van der Waals surface area contributed by atoms with Gasteiger partial charge in [-0.1, -0.05) is 24.3 Å². The molecule has 0 bridgehead atoms. The number of nitrogens with zero attached hydrogens (tertiary/aromatic N) is 2. The van der Waals surface area contributed by atoms with E-state index in [2.05, 4.69) is 6.07 Å². The lowest BCUT2D eigenvalue weighted by Crippen LogP contribution is -2.55. The number of amides is 2. The number of ether oxygens (including phenoxy) is 1. The van der Waals surface area contributed by atoms with E-state index in [0.29, 0.717) is 19.5 Å². The van der Waals surface area contributed by atoms with Crippen LogP contribution in [0, 0.1) is 0 Å². The van der Waals surface area contributed by atoms with Gasteiger partial charge in [-0.3, -0.25) is 9.59 Å². The highest BCUT2D eigenvalue weighted by Crippen LogP contribution is 2.25. The Morgan fingerprint density at radius 1 is 1.22 bits per heavy atom. The van der Waals surface area contributed by atoms with Crippen LogP contribution in [-0.2, 0) is 27.3 Å². The number of benzene rings is 1. The van der Waals surface area contributed by atoms with Gasteiger partial charge in [0.1, 0.15) is 6.04 Å². The van der Waals surface area contributed by atoms with Crippen LogP contribution in [0.25, 0.3) is 0 Å². The second-order valence-electron chi connectivity index (χ2n) is 6.42. The van der Waals surface area contributed by atoms with Crippen molar-refractivity contribution >= 4 is 11.8 Å². The molecule has 0 N–H and O–H groups in total. The minimum atomic E-state index is -0.391. The Labute approximate surface area is 137 Å². The zero-order valence-corrected chi connectivity index (χ0v) is 13.8. The molecule has 2 heterocycles. The predicted octanol–water partition coefficient (Wildman–Crippen LogP) is 1.60. The maximum absolute atomic E-state index is 13.0. The van der Waals surface area contributed by atoms with Crippen LogP contribution in [0.5, 0.6) is 0 Å². The molecule has 0 aliphatic carbocycles. The van der Waals surface area contributed by atoms with Crippen molar-refractivity contribution in [3.05, 3.63) is 35.4 Å². The topological polar surface area (TPSA) is 49.9 Å². The number of hydrogen-bond acceptors (Lipinski definition) is 3. The van der Waals surface area contributed by atoms with E-state index in [-0.39, 0.29) is 17.9 Å². The summed E-state index contributed by atoms with van der Waals surface area (Å²) in [6.07, 6.45) is 2.65. The molecular weight excluding hydrogens is 292 g/mol. The van der Waals surface area contributed by atoms with Crippen LogP contribution in [0.3, 0.4) is 0 Å². The summed E-state index contributed by atoms with van der Waals surface area (Å²) in [5, 5.41) is 0. The van der Waals surface area contributed by atoms with E-state index in [9.17, 15) is 9.59 Å². The number of methoxy groups -OCH3 is 1. The molecule has 1 saturated heterocycles. The highest BCUT2D eigenvalue weighted by Gasteiger charge is 2.36. The fourth-order valence-corrected chi connectivity index (χ4v) is 3.62. The summed E-state index contributed by atoms with van der Waals surface area (Å²) in [7, 11) is 1.69. The molecule has 2 amide bonds.